The molecular formula is C5H10O2S. The molecule has 0 amide bonds. The van der Waals surface area contributed by atoms with Crippen molar-refractivity contribution in [2.24, 2.45) is 0 Å². The molecule has 0 radical (unpaired) electrons. The summed E-state index contributed by atoms with van der Waals surface area (Å²) in [6.45, 7) is 1.37. The maximum atomic E-state index is 10.2. The zero-order valence-corrected chi connectivity index (χ0v) is 5.69. The van der Waals surface area contributed by atoms with Crippen molar-refractivity contribution in [3.05, 3.63) is 0 Å². The van der Waals surface area contributed by atoms with E-state index in [1.54, 1.807) is 0 Å². The summed E-state index contributed by atoms with van der Waals surface area (Å²) >= 11 is 3.84. The highest BCUT2D eigenvalue weighted by molar-refractivity contribution is 7.80. The lowest BCUT2D eigenvalue weighted by molar-refractivity contribution is -0.124. The van der Waals surface area contributed by atoms with E-state index in [1.165, 1.54) is 6.92 Å². The third-order valence-corrected chi connectivity index (χ3v) is 1.13. The molecule has 0 rings (SSSR count). The minimum absolute atomic E-state index is 0.181. The van der Waals surface area contributed by atoms with Crippen LogP contribution in [-0.4, -0.2) is 22.7 Å². The van der Waals surface area contributed by atoms with Gasteiger partial charge in [0, 0.05) is 0 Å². The summed E-state index contributed by atoms with van der Waals surface area (Å²) in [7, 11) is 0. The lowest BCUT2D eigenvalue weighted by Gasteiger charge is -2.00. The van der Waals surface area contributed by atoms with Crippen LogP contribution in [0.25, 0.3) is 0 Å². The van der Waals surface area contributed by atoms with Gasteiger partial charge in [-0.3, -0.25) is 4.79 Å². The first-order valence-electron chi connectivity index (χ1n) is 2.48. The normalized spacial score (nSPS) is 13.4. The van der Waals surface area contributed by atoms with Gasteiger partial charge in [-0.2, -0.15) is 12.6 Å². The molecule has 0 saturated heterocycles. The molecule has 8 heavy (non-hydrogen) atoms. The lowest BCUT2D eigenvalue weighted by atomic mass is 10.2. The predicted molar refractivity (Wildman–Crippen MR) is 35.2 cm³/mol. The first-order chi connectivity index (χ1) is 3.68. The number of ketones is 1. The number of carbonyl (C=O) groups is 1. The van der Waals surface area contributed by atoms with Crippen molar-refractivity contribution in [3.8, 4) is 0 Å². The Kier molecular flexibility index (Phi) is 3.91. The third kappa shape index (κ3) is 3.04. The molecule has 0 aliphatic carbocycles. The molecule has 48 valence electrons. The molecule has 0 fully saturated rings. The fourth-order valence-corrected chi connectivity index (χ4v) is 0.570. The first-order valence-corrected chi connectivity index (χ1v) is 3.11. The zero-order chi connectivity index (χ0) is 6.57. The molecular weight excluding hydrogens is 124 g/mol. The van der Waals surface area contributed by atoms with E-state index in [4.69, 9.17) is 5.11 Å². The zero-order valence-electron chi connectivity index (χ0n) is 4.79. The molecule has 0 unspecified atom stereocenters. The molecule has 2 nitrogen and oxygen atoms in total. The van der Waals surface area contributed by atoms with E-state index in [-0.39, 0.29) is 5.78 Å². The van der Waals surface area contributed by atoms with Gasteiger partial charge >= 0.3 is 0 Å². The van der Waals surface area contributed by atoms with E-state index in [0.29, 0.717) is 12.2 Å². The average Bonchev–Trinajstić information content (AvgIpc) is 1.67. The van der Waals surface area contributed by atoms with E-state index in [0.717, 1.165) is 0 Å². The lowest BCUT2D eigenvalue weighted by Crippen LogP contribution is -2.16. The van der Waals surface area contributed by atoms with Crippen molar-refractivity contribution in [1.29, 1.82) is 0 Å². The standard InChI is InChI=1S/C5H10O2S/c1-4(6)5(7)2-3-8/h5,7-8H,2-3H2,1H3/t5-/m0/s1. The summed E-state index contributed by atoms with van der Waals surface area (Å²) in [6, 6.07) is 0. The number of hydrogen-bond donors (Lipinski definition) is 2. The summed E-state index contributed by atoms with van der Waals surface area (Å²) in [6.07, 6.45) is -0.342. The van der Waals surface area contributed by atoms with Crippen LogP contribution < -0.4 is 0 Å². The van der Waals surface area contributed by atoms with Crippen molar-refractivity contribution < 1.29 is 9.90 Å². The van der Waals surface area contributed by atoms with E-state index in [9.17, 15) is 4.79 Å². The molecule has 1 atom stereocenters. The van der Waals surface area contributed by atoms with Crippen LogP contribution in [0.5, 0.6) is 0 Å². The monoisotopic (exact) mass is 134 g/mol. The second kappa shape index (κ2) is 3.92. The number of carbonyl (C=O) groups excluding carboxylic acids is 1. The number of thiol groups is 1. The van der Waals surface area contributed by atoms with Crippen LogP contribution in [0.2, 0.25) is 0 Å². The molecule has 0 aromatic rings. The van der Waals surface area contributed by atoms with E-state index in [2.05, 4.69) is 12.6 Å². The predicted octanol–water partition coefficient (Wildman–Crippen LogP) is 0.256. The Morgan fingerprint density at radius 3 is 2.50 bits per heavy atom. The smallest absolute Gasteiger partial charge is 0.158 e. The Morgan fingerprint density at radius 2 is 2.38 bits per heavy atom. The second-order valence-corrected chi connectivity index (χ2v) is 2.09. The summed E-state index contributed by atoms with van der Waals surface area (Å²) in [5.74, 6) is 0.375. The Bertz CT molecular complexity index is 82.5. The fourth-order valence-electron chi connectivity index (χ4n) is 0.326. The van der Waals surface area contributed by atoms with Crippen LogP contribution in [0.1, 0.15) is 13.3 Å². The van der Waals surface area contributed by atoms with Gasteiger partial charge in [0.25, 0.3) is 0 Å². The van der Waals surface area contributed by atoms with Crippen LogP contribution in [0.15, 0.2) is 0 Å². The maximum Gasteiger partial charge on any atom is 0.158 e. The SMILES string of the molecule is CC(=O)[C@@H](O)CCS. The van der Waals surface area contributed by atoms with Gasteiger partial charge in [0.2, 0.25) is 0 Å². The number of hydrogen-bond acceptors (Lipinski definition) is 3. The van der Waals surface area contributed by atoms with Crippen molar-refractivity contribution in [2.75, 3.05) is 5.75 Å². The second-order valence-electron chi connectivity index (χ2n) is 1.64. The Labute approximate surface area is 54.3 Å². The Balaban J connectivity index is 3.32. The van der Waals surface area contributed by atoms with Gasteiger partial charge in [-0.05, 0) is 19.1 Å². The minimum atomic E-state index is -0.799. The van der Waals surface area contributed by atoms with E-state index < -0.39 is 6.10 Å². The number of rotatable bonds is 3. The number of aliphatic hydroxyl groups excluding tert-OH is 1. The average molecular weight is 134 g/mol. The highest BCUT2D eigenvalue weighted by Crippen LogP contribution is 1.93. The molecule has 0 heterocycles. The van der Waals surface area contributed by atoms with Crippen LogP contribution >= 0.6 is 12.6 Å². The van der Waals surface area contributed by atoms with Gasteiger partial charge in [-0.15, -0.1) is 0 Å². The molecule has 0 aliphatic rings. The van der Waals surface area contributed by atoms with Gasteiger partial charge in [0.1, 0.15) is 6.10 Å². The molecule has 0 aromatic heterocycles. The topological polar surface area (TPSA) is 37.3 Å². The highest BCUT2D eigenvalue weighted by atomic mass is 32.1. The largest absolute Gasteiger partial charge is 0.385 e. The van der Waals surface area contributed by atoms with Crippen LogP contribution in [0.3, 0.4) is 0 Å². The van der Waals surface area contributed by atoms with Crippen LogP contribution in [-0.2, 0) is 4.79 Å². The van der Waals surface area contributed by atoms with Crippen molar-refractivity contribution in [1.82, 2.24) is 0 Å². The first kappa shape index (κ1) is 7.98. The van der Waals surface area contributed by atoms with Crippen LogP contribution in [0, 0.1) is 0 Å². The highest BCUT2D eigenvalue weighted by Gasteiger charge is 2.06. The molecule has 0 aromatic carbocycles. The van der Waals surface area contributed by atoms with E-state index in [1.807, 2.05) is 0 Å². The number of aliphatic hydroxyl groups is 1. The quantitative estimate of drug-likeness (QED) is 0.543. The van der Waals surface area contributed by atoms with Gasteiger partial charge in [0.05, 0.1) is 0 Å². The van der Waals surface area contributed by atoms with Crippen molar-refractivity contribution in [2.45, 2.75) is 19.4 Å². The third-order valence-electron chi connectivity index (χ3n) is 0.872. The molecule has 3 heteroatoms. The van der Waals surface area contributed by atoms with Crippen molar-refractivity contribution >= 4 is 18.4 Å². The fraction of sp³-hybridized carbons (Fsp3) is 0.800. The maximum absolute atomic E-state index is 10.2. The Hall–Kier alpha value is -0.0200. The van der Waals surface area contributed by atoms with Gasteiger partial charge in [-0.1, -0.05) is 0 Å². The molecule has 0 aliphatic heterocycles. The molecule has 0 bridgehead atoms. The number of Topliss-reactive ketones (excluding diaryl/α,β-unsaturated/α-hetero) is 1. The summed E-state index contributed by atoms with van der Waals surface area (Å²) < 4.78 is 0. The van der Waals surface area contributed by atoms with Gasteiger partial charge < -0.3 is 5.11 Å². The van der Waals surface area contributed by atoms with Crippen LogP contribution in [0.4, 0.5) is 0 Å². The van der Waals surface area contributed by atoms with E-state index >= 15 is 0 Å². The summed E-state index contributed by atoms with van der Waals surface area (Å²) in [4.78, 5) is 10.2. The van der Waals surface area contributed by atoms with Gasteiger partial charge in [-0.25, -0.2) is 0 Å². The summed E-state index contributed by atoms with van der Waals surface area (Å²) in [5.41, 5.74) is 0. The molecule has 1 N–H and O–H groups in total. The minimum Gasteiger partial charge on any atom is -0.385 e. The molecule has 0 spiro atoms. The summed E-state index contributed by atoms with van der Waals surface area (Å²) in [5, 5.41) is 8.73. The van der Waals surface area contributed by atoms with Crippen molar-refractivity contribution in [3.63, 3.8) is 0 Å². The van der Waals surface area contributed by atoms with Gasteiger partial charge in [0.15, 0.2) is 5.78 Å². The molecule has 0 saturated carbocycles. The Morgan fingerprint density at radius 1 is 1.88 bits per heavy atom.